The van der Waals surface area contributed by atoms with Gasteiger partial charge in [0.2, 0.25) is 5.75 Å². The molecule has 0 fully saturated rings. The van der Waals surface area contributed by atoms with Gasteiger partial charge in [-0.15, -0.1) is 0 Å². The molecule has 0 spiro atoms. The molecule has 11 aromatic rings. The van der Waals surface area contributed by atoms with Gasteiger partial charge < -0.3 is 39.8 Å². The average Bonchev–Trinajstić information content (AvgIpc) is 3.91. The van der Waals surface area contributed by atoms with Crippen LogP contribution in [-0.2, 0) is 0 Å². The summed E-state index contributed by atoms with van der Waals surface area (Å²) < 4.78 is 3.81. The number of aromatic nitrogens is 2. The van der Waals surface area contributed by atoms with E-state index in [4.69, 9.17) is 0 Å². The summed E-state index contributed by atoms with van der Waals surface area (Å²) in [5, 5.41) is 72.8. The third-order valence-electron chi connectivity index (χ3n) is 13.5. The van der Waals surface area contributed by atoms with Crippen molar-refractivity contribution in [2.24, 2.45) is 0 Å². The number of hydrogen-bond donors (Lipinski definition) is 6. The van der Waals surface area contributed by atoms with E-state index < -0.39 is 28.7 Å². The molecular weight excluding hydrogens is 816 g/mol. The maximum atomic E-state index is 12.3. The van der Waals surface area contributed by atoms with Gasteiger partial charge in [-0.3, -0.25) is 0 Å². The second-order valence-corrected chi connectivity index (χ2v) is 17.2. The van der Waals surface area contributed by atoms with Gasteiger partial charge in [0.05, 0.1) is 10.9 Å². The molecule has 0 aliphatic rings. The lowest BCUT2D eigenvalue weighted by Crippen LogP contribution is -2.29. The molecule has 0 atom stereocenters. The molecule has 0 saturated heterocycles. The van der Waals surface area contributed by atoms with E-state index in [0.717, 1.165) is 55.4 Å². The highest BCUT2D eigenvalue weighted by Gasteiger charge is 2.32. The monoisotopic (exact) mass is 856 g/mol. The third-order valence-corrected chi connectivity index (χ3v) is 13.5. The van der Waals surface area contributed by atoms with E-state index in [-0.39, 0.29) is 27.6 Å². The van der Waals surface area contributed by atoms with Gasteiger partial charge in [-0.2, -0.15) is 0 Å². The third kappa shape index (κ3) is 5.91. The molecular formula is C54H40B4N2O6. The van der Waals surface area contributed by atoms with Crippen molar-refractivity contribution in [3.63, 3.8) is 0 Å². The van der Waals surface area contributed by atoms with Crippen LogP contribution < -0.4 is 21.9 Å². The van der Waals surface area contributed by atoms with Gasteiger partial charge in [0.1, 0.15) is 42.7 Å². The van der Waals surface area contributed by atoms with E-state index in [9.17, 15) is 30.6 Å². The summed E-state index contributed by atoms with van der Waals surface area (Å²) in [7, 11) is 7.22. The second-order valence-electron chi connectivity index (χ2n) is 17.2. The van der Waals surface area contributed by atoms with Crippen LogP contribution in [0.5, 0.6) is 34.5 Å². The Labute approximate surface area is 383 Å². The normalized spacial score (nSPS) is 11.6. The Hall–Kier alpha value is -8.36. The number of rotatable bonds is 6. The fraction of sp³-hybridized carbons (Fsp3) is 0. The molecule has 0 saturated carbocycles. The van der Waals surface area contributed by atoms with Crippen LogP contribution in [0.3, 0.4) is 0 Å². The minimum atomic E-state index is -0.658. The molecule has 12 heteroatoms. The van der Waals surface area contributed by atoms with Crippen molar-refractivity contribution in [2.75, 3.05) is 0 Å². The largest absolute Gasteiger partial charge is 0.508 e. The Balaban J connectivity index is 1.29. The highest BCUT2D eigenvalue weighted by atomic mass is 16.3. The van der Waals surface area contributed by atoms with E-state index in [1.54, 1.807) is 15.7 Å². The SMILES string of the molecule is Bc1c(O)c(O)c2c(c1O)c1c3c4c(B)c(O)c(O)c(O)c4n(-c4cc(-c5ccccc5)cc(-c5ccccc5)c4)c3c(B)c(B)c1n2-c1cccc(-c2ccc(-c3ccccc3)cc2)c1. The van der Waals surface area contributed by atoms with E-state index in [1.165, 1.54) is 0 Å². The van der Waals surface area contributed by atoms with Crippen molar-refractivity contribution >= 4 is 96.8 Å². The molecule has 0 aliphatic heterocycles. The van der Waals surface area contributed by atoms with Crippen LogP contribution >= 0.6 is 0 Å². The first-order valence-corrected chi connectivity index (χ1v) is 21.8. The van der Waals surface area contributed by atoms with Crippen molar-refractivity contribution in [1.29, 1.82) is 0 Å². The standard InChI is InChI=1S/C54H40B4N2O6/c55-41-39-37-38-40-48(52(64)51(63)44(58)49(40)61)59(35-18-10-17-32(24-35)31-21-19-30(20-22-31)27-11-4-1-5-12-27)46(38)43(57)42(56)45(37)60(47(39)53(65)54(66)50(41)62)36-25-33(28-13-6-2-7-14-28)23-34(26-36)29-15-8-3-9-16-29/h1-26,61-66H,55-58H2. The minimum Gasteiger partial charge on any atom is -0.508 e. The topological polar surface area (TPSA) is 131 Å². The van der Waals surface area contributed by atoms with Crippen molar-refractivity contribution in [1.82, 2.24) is 9.13 Å². The van der Waals surface area contributed by atoms with Crippen molar-refractivity contribution in [2.45, 2.75) is 0 Å². The molecule has 0 bridgehead atoms. The molecule has 0 aliphatic carbocycles. The molecule has 66 heavy (non-hydrogen) atoms. The zero-order chi connectivity index (χ0) is 45.7. The predicted octanol–water partition coefficient (Wildman–Crippen LogP) is 5.82. The summed E-state index contributed by atoms with van der Waals surface area (Å²) in [5.74, 6) is -2.75. The number of hydrogen-bond acceptors (Lipinski definition) is 6. The molecule has 9 aromatic carbocycles. The summed E-state index contributed by atoms with van der Waals surface area (Å²) in [6, 6.07) is 52.7. The number of phenolic OH excluding ortho intramolecular Hbond substituents is 6. The lowest BCUT2D eigenvalue weighted by atomic mass is 9.76. The fourth-order valence-electron chi connectivity index (χ4n) is 10.0. The summed E-state index contributed by atoms with van der Waals surface area (Å²) in [6.45, 7) is 0. The molecule has 0 amide bonds. The maximum Gasteiger partial charge on any atom is 0.201 e. The van der Waals surface area contributed by atoms with E-state index in [2.05, 4.69) is 42.5 Å². The maximum absolute atomic E-state index is 12.3. The highest BCUT2D eigenvalue weighted by molar-refractivity contribution is 6.60. The van der Waals surface area contributed by atoms with Crippen molar-refractivity contribution in [3.8, 4) is 90.4 Å². The zero-order valence-electron chi connectivity index (χ0n) is 36.6. The molecule has 2 aromatic heterocycles. The first kappa shape index (κ1) is 40.4. The molecule has 11 rings (SSSR count). The quantitative estimate of drug-likeness (QED) is 0.0712. The van der Waals surface area contributed by atoms with Gasteiger partial charge in [0.25, 0.3) is 0 Å². The van der Waals surface area contributed by atoms with Crippen molar-refractivity contribution < 1.29 is 30.6 Å². The van der Waals surface area contributed by atoms with Crippen LogP contribution in [0.4, 0.5) is 0 Å². The van der Waals surface area contributed by atoms with E-state index in [0.29, 0.717) is 44.0 Å². The average molecular weight is 856 g/mol. The number of phenols is 6. The Morgan fingerprint density at radius 2 is 0.652 bits per heavy atom. The summed E-state index contributed by atoms with van der Waals surface area (Å²) in [6.07, 6.45) is 0. The van der Waals surface area contributed by atoms with Crippen LogP contribution in [0, 0.1) is 0 Å². The number of fused-ring (bicyclic) bond motifs is 7. The van der Waals surface area contributed by atoms with Gasteiger partial charge in [-0.1, -0.05) is 138 Å². The van der Waals surface area contributed by atoms with E-state index in [1.807, 2.05) is 140 Å². The zero-order valence-corrected chi connectivity index (χ0v) is 36.6. The molecule has 6 N–H and O–H groups in total. The Morgan fingerprint density at radius 1 is 0.258 bits per heavy atom. The fourth-order valence-corrected chi connectivity index (χ4v) is 10.0. The van der Waals surface area contributed by atoms with Crippen LogP contribution in [-0.4, -0.2) is 71.2 Å². The Kier molecular flexibility index (Phi) is 9.27. The predicted molar refractivity (Wildman–Crippen MR) is 280 cm³/mol. The van der Waals surface area contributed by atoms with Crippen LogP contribution in [0.15, 0.2) is 158 Å². The van der Waals surface area contributed by atoms with Gasteiger partial charge in [-0.05, 0) is 85.8 Å². The molecule has 8 nitrogen and oxygen atoms in total. The van der Waals surface area contributed by atoms with Gasteiger partial charge >= 0.3 is 0 Å². The molecule has 314 valence electrons. The van der Waals surface area contributed by atoms with Gasteiger partial charge in [-0.25, -0.2) is 0 Å². The Bertz CT molecular complexity index is 3740. The highest BCUT2D eigenvalue weighted by Crippen LogP contribution is 2.51. The molecule has 0 unspecified atom stereocenters. The summed E-state index contributed by atoms with van der Waals surface area (Å²) in [4.78, 5) is 0. The molecule has 0 radical (unpaired) electrons. The van der Waals surface area contributed by atoms with Crippen LogP contribution in [0.25, 0.3) is 99.5 Å². The van der Waals surface area contributed by atoms with Gasteiger partial charge in [0, 0.05) is 38.6 Å². The number of aromatic hydroxyl groups is 6. The summed E-state index contributed by atoms with van der Waals surface area (Å²) in [5.41, 5.74) is 12.9. The lowest BCUT2D eigenvalue weighted by molar-refractivity contribution is 0.372. The molecule has 2 heterocycles. The number of benzene rings is 9. The Morgan fingerprint density at radius 3 is 1.20 bits per heavy atom. The summed E-state index contributed by atoms with van der Waals surface area (Å²) >= 11 is 0. The van der Waals surface area contributed by atoms with Gasteiger partial charge in [0.15, 0.2) is 23.0 Å². The minimum absolute atomic E-state index is 0.0875. The first-order chi connectivity index (χ1) is 31.9. The van der Waals surface area contributed by atoms with Crippen molar-refractivity contribution in [3.05, 3.63) is 158 Å². The van der Waals surface area contributed by atoms with Crippen LogP contribution in [0.1, 0.15) is 0 Å². The first-order valence-electron chi connectivity index (χ1n) is 21.8. The van der Waals surface area contributed by atoms with E-state index >= 15 is 0 Å². The smallest absolute Gasteiger partial charge is 0.201 e. The second kappa shape index (κ2) is 15.1. The lowest BCUT2D eigenvalue weighted by Gasteiger charge is -2.18. The number of nitrogens with zero attached hydrogens (tertiary/aromatic N) is 2. The van der Waals surface area contributed by atoms with Crippen LogP contribution in [0.2, 0.25) is 0 Å².